The monoisotopic (exact) mass is 408 g/mol. The molecule has 0 amide bonds. The zero-order valence-corrected chi connectivity index (χ0v) is 16.8. The summed E-state index contributed by atoms with van der Waals surface area (Å²) in [7, 11) is 0. The Kier molecular flexibility index (Phi) is 5.36. The Morgan fingerprint density at radius 3 is 2.41 bits per heavy atom. The maximum atomic E-state index is 12.7. The number of benzene rings is 2. The van der Waals surface area contributed by atoms with Gasteiger partial charge in [-0.05, 0) is 36.2 Å². The van der Waals surface area contributed by atoms with Gasteiger partial charge in [-0.1, -0.05) is 55.3 Å². The van der Waals surface area contributed by atoms with Gasteiger partial charge in [0, 0.05) is 17.1 Å². The van der Waals surface area contributed by atoms with Crippen molar-refractivity contribution in [3.8, 4) is 11.4 Å². The molecule has 0 radical (unpaired) electrons. The normalized spacial score (nSPS) is 11.2. The average Bonchev–Trinajstić information content (AvgIpc) is 3.10. The van der Waals surface area contributed by atoms with Gasteiger partial charge < -0.3 is 4.57 Å². The number of H-pyrrole nitrogens is 1. The van der Waals surface area contributed by atoms with Crippen LogP contribution in [0.4, 0.5) is 0 Å². The molecule has 2 aromatic carbocycles. The quantitative estimate of drug-likeness (QED) is 0.523. The summed E-state index contributed by atoms with van der Waals surface area (Å²) in [5, 5.41) is 0.629. The van der Waals surface area contributed by atoms with Crippen molar-refractivity contribution < 1.29 is 0 Å². The van der Waals surface area contributed by atoms with Crippen LogP contribution in [0.2, 0.25) is 5.02 Å². The zero-order valence-electron chi connectivity index (χ0n) is 16.1. The molecule has 29 heavy (non-hydrogen) atoms. The van der Waals surface area contributed by atoms with E-state index in [1.165, 1.54) is 4.57 Å². The molecule has 4 aromatic rings. The lowest BCUT2D eigenvalue weighted by atomic mass is 10.2. The summed E-state index contributed by atoms with van der Waals surface area (Å²) in [5.74, 6) is 0.656. The summed E-state index contributed by atoms with van der Waals surface area (Å²) in [4.78, 5) is 32.6. The molecule has 0 aliphatic heterocycles. The molecule has 0 unspecified atom stereocenters. The van der Waals surface area contributed by atoms with Crippen LogP contribution in [-0.2, 0) is 13.1 Å². The van der Waals surface area contributed by atoms with E-state index in [2.05, 4.69) is 11.9 Å². The summed E-state index contributed by atoms with van der Waals surface area (Å²) in [6.45, 7) is 3.06. The van der Waals surface area contributed by atoms with Gasteiger partial charge in [-0.2, -0.15) is 0 Å². The second-order valence-electron chi connectivity index (χ2n) is 6.95. The topological polar surface area (TPSA) is 72.7 Å². The SMILES string of the molecule is CCCCn1c(-c2ccc(Cl)cc2)nc2c1c(=O)[nH]c(=O)n2Cc1ccccc1. The van der Waals surface area contributed by atoms with Crippen LogP contribution < -0.4 is 11.2 Å². The molecule has 2 heterocycles. The number of fused-ring (bicyclic) bond motifs is 1. The molecule has 6 nitrogen and oxygen atoms in total. The molecule has 7 heteroatoms. The molecule has 0 saturated heterocycles. The van der Waals surface area contributed by atoms with Crippen LogP contribution in [0.5, 0.6) is 0 Å². The van der Waals surface area contributed by atoms with E-state index in [-0.39, 0.29) is 0 Å². The fraction of sp³-hybridized carbons (Fsp3) is 0.227. The van der Waals surface area contributed by atoms with Gasteiger partial charge in [-0.15, -0.1) is 0 Å². The molecule has 0 saturated carbocycles. The summed E-state index contributed by atoms with van der Waals surface area (Å²) < 4.78 is 3.43. The molecule has 148 valence electrons. The van der Waals surface area contributed by atoms with Crippen molar-refractivity contribution in [1.82, 2.24) is 19.1 Å². The summed E-state index contributed by atoms with van der Waals surface area (Å²) in [6, 6.07) is 17.0. The number of aromatic nitrogens is 4. The standard InChI is InChI=1S/C22H21ClN4O2/c1-2-3-13-26-18-20(24-19(26)16-9-11-17(23)12-10-16)27(22(29)25-21(18)28)14-15-7-5-4-6-8-15/h4-12H,2-3,13-14H2,1H3,(H,25,28,29). The minimum Gasteiger partial charge on any atom is -0.318 e. The van der Waals surface area contributed by atoms with Gasteiger partial charge in [-0.3, -0.25) is 14.3 Å². The Bertz CT molecular complexity index is 1250. The van der Waals surface area contributed by atoms with Gasteiger partial charge in [0.25, 0.3) is 5.56 Å². The number of hydrogen-bond donors (Lipinski definition) is 1. The van der Waals surface area contributed by atoms with Crippen molar-refractivity contribution in [2.24, 2.45) is 0 Å². The molecule has 0 atom stereocenters. The van der Waals surface area contributed by atoms with Gasteiger partial charge in [0.05, 0.1) is 6.54 Å². The Morgan fingerprint density at radius 2 is 1.72 bits per heavy atom. The van der Waals surface area contributed by atoms with Gasteiger partial charge in [0.2, 0.25) is 0 Å². The van der Waals surface area contributed by atoms with Crippen molar-refractivity contribution in [3.05, 3.63) is 86.0 Å². The number of hydrogen-bond acceptors (Lipinski definition) is 3. The smallest absolute Gasteiger partial charge is 0.318 e. The van der Waals surface area contributed by atoms with Crippen molar-refractivity contribution >= 4 is 22.8 Å². The number of aryl methyl sites for hydroxylation is 1. The molecule has 0 bridgehead atoms. The molecule has 0 aliphatic carbocycles. The lowest BCUT2D eigenvalue weighted by molar-refractivity contribution is 0.648. The van der Waals surface area contributed by atoms with E-state index in [0.717, 1.165) is 24.0 Å². The molecule has 4 rings (SSSR count). The third-order valence-corrected chi connectivity index (χ3v) is 5.16. The molecular formula is C22H21ClN4O2. The number of halogens is 1. The van der Waals surface area contributed by atoms with Gasteiger partial charge >= 0.3 is 5.69 Å². The van der Waals surface area contributed by atoms with E-state index >= 15 is 0 Å². The van der Waals surface area contributed by atoms with Crippen molar-refractivity contribution in [2.45, 2.75) is 32.9 Å². The third kappa shape index (κ3) is 3.76. The van der Waals surface area contributed by atoms with Gasteiger partial charge in [0.1, 0.15) is 5.82 Å². The molecule has 1 N–H and O–H groups in total. The predicted octanol–water partition coefficient (Wildman–Crippen LogP) is 4.06. The summed E-state index contributed by atoms with van der Waals surface area (Å²) in [5.41, 5.74) is 1.73. The Hall–Kier alpha value is -3.12. The second kappa shape index (κ2) is 8.09. The van der Waals surface area contributed by atoms with Gasteiger partial charge in [-0.25, -0.2) is 9.78 Å². The molecule has 0 spiro atoms. The van der Waals surface area contributed by atoms with E-state index in [4.69, 9.17) is 16.6 Å². The van der Waals surface area contributed by atoms with Crippen LogP contribution in [0.15, 0.2) is 64.2 Å². The maximum absolute atomic E-state index is 12.7. The molecular weight excluding hydrogens is 388 g/mol. The lowest BCUT2D eigenvalue weighted by Gasteiger charge is -2.09. The van der Waals surface area contributed by atoms with Crippen LogP contribution in [-0.4, -0.2) is 19.1 Å². The highest BCUT2D eigenvalue weighted by Crippen LogP contribution is 2.25. The van der Waals surface area contributed by atoms with Crippen molar-refractivity contribution in [1.29, 1.82) is 0 Å². The third-order valence-electron chi connectivity index (χ3n) is 4.91. The van der Waals surface area contributed by atoms with Crippen molar-refractivity contribution in [3.63, 3.8) is 0 Å². The number of nitrogens with one attached hydrogen (secondary N) is 1. The first-order valence-electron chi connectivity index (χ1n) is 9.61. The Labute approximate surface area is 172 Å². The fourth-order valence-electron chi connectivity index (χ4n) is 3.44. The van der Waals surface area contributed by atoms with E-state index in [9.17, 15) is 9.59 Å². The Balaban J connectivity index is 1.97. The molecule has 0 fully saturated rings. The number of aromatic amines is 1. The highest BCUT2D eigenvalue weighted by Gasteiger charge is 2.19. The van der Waals surface area contributed by atoms with Crippen LogP contribution in [0.1, 0.15) is 25.3 Å². The first kappa shape index (κ1) is 19.2. The lowest BCUT2D eigenvalue weighted by Crippen LogP contribution is -2.31. The van der Waals surface area contributed by atoms with E-state index in [1.54, 1.807) is 12.1 Å². The zero-order chi connectivity index (χ0) is 20.4. The highest BCUT2D eigenvalue weighted by atomic mass is 35.5. The first-order chi connectivity index (χ1) is 14.1. The number of imidazole rings is 1. The van der Waals surface area contributed by atoms with Crippen LogP contribution in [0.3, 0.4) is 0 Å². The largest absolute Gasteiger partial charge is 0.330 e. The van der Waals surface area contributed by atoms with E-state index in [0.29, 0.717) is 35.1 Å². The van der Waals surface area contributed by atoms with Crippen molar-refractivity contribution in [2.75, 3.05) is 0 Å². The summed E-state index contributed by atoms with van der Waals surface area (Å²) >= 11 is 6.04. The number of rotatable bonds is 6. The maximum Gasteiger partial charge on any atom is 0.330 e. The average molecular weight is 409 g/mol. The van der Waals surface area contributed by atoms with Gasteiger partial charge in [0.15, 0.2) is 11.2 Å². The highest BCUT2D eigenvalue weighted by molar-refractivity contribution is 6.30. The van der Waals surface area contributed by atoms with Crippen LogP contribution in [0, 0.1) is 0 Å². The van der Waals surface area contributed by atoms with Crippen LogP contribution >= 0.6 is 11.6 Å². The second-order valence-corrected chi connectivity index (χ2v) is 7.39. The van der Waals surface area contributed by atoms with E-state index < -0.39 is 11.2 Å². The molecule has 2 aromatic heterocycles. The molecule has 0 aliphatic rings. The Morgan fingerprint density at radius 1 is 1.00 bits per heavy atom. The minimum absolute atomic E-state index is 0.331. The minimum atomic E-state index is -0.464. The number of nitrogens with zero attached hydrogens (tertiary/aromatic N) is 3. The summed E-state index contributed by atoms with van der Waals surface area (Å²) in [6.07, 6.45) is 1.87. The predicted molar refractivity (Wildman–Crippen MR) is 116 cm³/mol. The number of unbranched alkanes of at least 4 members (excludes halogenated alkanes) is 1. The van der Waals surface area contributed by atoms with E-state index in [1.807, 2.05) is 47.0 Å². The fourth-order valence-corrected chi connectivity index (χ4v) is 3.56. The van der Waals surface area contributed by atoms with Crippen LogP contribution in [0.25, 0.3) is 22.6 Å². The first-order valence-corrected chi connectivity index (χ1v) is 9.99.